The normalized spacial score (nSPS) is 13.8. The Morgan fingerprint density at radius 1 is 0.576 bits per heavy atom. The van der Waals surface area contributed by atoms with Gasteiger partial charge in [0.25, 0.3) is 0 Å². The molecular weight excluding hydrogens is 540 g/mol. The number of rotatable bonds is 2. The first kappa shape index (κ1) is 20.7. The molecule has 0 unspecified atom stereocenters. The highest BCUT2D eigenvalue weighted by atomic mass is 79.9. The van der Waals surface area contributed by atoms with Crippen LogP contribution >= 0.6 is 31.9 Å². The van der Waals surface area contributed by atoms with Crippen molar-refractivity contribution in [1.29, 1.82) is 0 Å². The number of benzene rings is 5. The van der Waals surface area contributed by atoms with Gasteiger partial charge < -0.3 is 9.84 Å². The number of fused-ring (bicyclic) bond motifs is 3. The van der Waals surface area contributed by atoms with Crippen LogP contribution in [0.4, 0.5) is 0 Å². The molecule has 0 saturated carbocycles. The van der Waals surface area contributed by atoms with Crippen LogP contribution in [0.3, 0.4) is 0 Å². The maximum atomic E-state index is 12.6. The molecule has 33 heavy (non-hydrogen) atoms. The van der Waals surface area contributed by atoms with E-state index < -0.39 is 5.60 Å². The first-order chi connectivity index (χ1) is 16.1. The van der Waals surface area contributed by atoms with Crippen LogP contribution in [-0.4, -0.2) is 5.11 Å². The molecule has 0 spiro atoms. The molecule has 4 heteroatoms. The second kappa shape index (κ2) is 7.84. The Bertz CT molecular complexity index is 1480. The summed E-state index contributed by atoms with van der Waals surface area (Å²) in [6.45, 7) is 0. The second-order valence-corrected chi connectivity index (χ2v) is 10.00. The van der Waals surface area contributed by atoms with Crippen LogP contribution < -0.4 is 4.74 Å². The third-order valence-electron chi connectivity index (χ3n) is 6.28. The van der Waals surface area contributed by atoms with Crippen molar-refractivity contribution in [3.63, 3.8) is 0 Å². The number of aliphatic hydroxyl groups is 1. The van der Waals surface area contributed by atoms with E-state index in [-0.39, 0.29) is 0 Å². The Labute approximate surface area is 208 Å². The summed E-state index contributed by atoms with van der Waals surface area (Å²) < 4.78 is 8.04. The van der Waals surface area contributed by atoms with E-state index in [1.807, 2.05) is 60.7 Å². The summed E-state index contributed by atoms with van der Waals surface area (Å²) in [4.78, 5) is 0. The molecule has 0 atom stereocenters. The van der Waals surface area contributed by atoms with E-state index in [2.05, 4.69) is 74.3 Å². The van der Waals surface area contributed by atoms with Gasteiger partial charge in [0.05, 0.1) is 0 Å². The fourth-order valence-electron chi connectivity index (χ4n) is 4.81. The summed E-state index contributed by atoms with van der Waals surface area (Å²) in [6, 6.07) is 34.3. The minimum Gasteiger partial charge on any atom is -0.456 e. The molecule has 0 radical (unpaired) electrons. The summed E-state index contributed by atoms with van der Waals surface area (Å²) in [7, 11) is 0. The molecule has 5 aromatic carbocycles. The van der Waals surface area contributed by atoms with Crippen LogP contribution in [0.1, 0.15) is 16.7 Å². The van der Waals surface area contributed by atoms with Gasteiger partial charge in [0, 0.05) is 25.6 Å². The molecule has 0 amide bonds. The van der Waals surface area contributed by atoms with Crippen LogP contribution in [0.5, 0.6) is 11.5 Å². The Morgan fingerprint density at radius 3 is 1.88 bits per heavy atom. The van der Waals surface area contributed by atoms with Crippen molar-refractivity contribution in [3.05, 3.63) is 129 Å². The van der Waals surface area contributed by atoms with E-state index in [0.29, 0.717) is 22.6 Å². The molecule has 1 N–H and O–H groups in total. The van der Waals surface area contributed by atoms with Gasteiger partial charge in [0.15, 0.2) is 0 Å². The highest BCUT2D eigenvalue weighted by molar-refractivity contribution is 9.10. The molecule has 0 saturated heterocycles. The minimum absolute atomic E-state index is 0.630. The lowest BCUT2D eigenvalue weighted by atomic mass is 9.75. The van der Waals surface area contributed by atoms with E-state index in [1.165, 1.54) is 0 Å². The molecule has 160 valence electrons. The average Bonchev–Trinajstić information content (AvgIpc) is 2.83. The van der Waals surface area contributed by atoms with Gasteiger partial charge in [0.2, 0.25) is 0 Å². The summed E-state index contributed by atoms with van der Waals surface area (Å²) in [5.74, 6) is 1.26. The number of ether oxygens (including phenoxy) is 1. The number of halogens is 2. The molecule has 0 aromatic heterocycles. The lowest BCUT2D eigenvalue weighted by molar-refractivity contribution is 0.113. The molecule has 2 nitrogen and oxygen atoms in total. The maximum Gasteiger partial charge on any atom is 0.148 e. The number of hydrogen-bond donors (Lipinski definition) is 1. The molecule has 1 aliphatic heterocycles. The van der Waals surface area contributed by atoms with Gasteiger partial charge in [-0.2, -0.15) is 0 Å². The first-order valence-electron chi connectivity index (χ1n) is 10.6. The van der Waals surface area contributed by atoms with E-state index in [1.54, 1.807) is 0 Å². The van der Waals surface area contributed by atoms with Crippen molar-refractivity contribution in [2.75, 3.05) is 0 Å². The summed E-state index contributed by atoms with van der Waals surface area (Å²) in [5, 5.41) is 14.9. The van der Waals surface area contributed by atoms with Crippen molar-refractivity contribution in [2.24, 2.45) is 0 Å². The quantitative estimate of drug-likeness (QED) is 0.236. The molecular formula is C29H18Br2O2. The van der Waals surface area contributed by atoms with Crippen LogP contribution in [0, 0.1) is 0 Å². The van der Waals surface area contributed by atoms with Crippen LogP contribution in [0.25, 0.3) is 21.9 Å². The van der Waals surface area contributed by atoms with Crippen molar-refractivity contribution in [1.82, 2.24) is 0 Å². The van der Waals surface area contributed by atoms with Gasteiger partial charge in [-0.25, -0.2) is 0 Å². The van der Waals surface area contributed by atoms with Crippen LogP contribution in [-0.2, 0) is 5.60 Å². The van der Waals surface area contributed by atoms with Gasteiger partial charge in [-0.1, -0.05) is 111 Å². The smallest absolute Gasteiger partial charge is 0.148 e. The molecule has 5 aromatic rings. The largest absolute Gasteiger partial charge is 0.456 e. The zero-order valence-electron chi connectivity index (χ0n) is 17.4. The maximum absolute atomic E-state index is 12.6. The average molecular weight is 558 g/mol. The Balaban J connectivity index is 1.69. The Morgan fingerprint density at radius 2 is 1.15 bits per heavy atom. The van der Waals surface area contributed by atoms with Gasteiger partial charge in [0.1, 0.15) is 17.1 Å². The lowest BCUT2D eigenvalue weighted by Crippen LogP contribution is -2.33. The van der Waals surface area contributed by atoms with E-state index in [4.69, 9.17) is 4.74 Å². The van der Waals surface area contributed by atoms with Crippen LogP contribution in [0.15, 0.2) is 112 Å². The fraction of sp³-hybridized carbons (Fsp3) is 0.0345. The van der Waals surface area contributed by atoms with Gasteiger partial charge in [-0.05, 0) is 46.2 Å². The van der Waals surface area contributed by atoms with Gasteiger partial charge in [-0.15, -0.1) is 0 Å². The number of hydrogen-bond acceptors (Lipinski definition) is 2. The predicted octanol–water partition coefficient (Wildman–Crippen LogP) is 8.42. The topological polar surface area (TPSA) is 29.5 Å². The minimum atomic E-state index is -1.39. The highest BCUT2D eigenvalue weighted by Gasteiger charge is 2.43. The first-order valence-corrected chi connectivity index (χ1v) is 12.2. The molecule has 0 aliphatic carbocycles. The van der Waals surface area contributed by atoms with Gasteiger partial charge >= 0.3 is 0 Å². The third kappa shape index (κ3) is 3.24. The van der Waals surface area contributed by atoms with E-state index >= 15 is 0 Å². The molecule has 0 bridgehead atoms. The zero-order valence-corrected chi connectivity index (χ0v) is 20.6. The standard InChI is InChI=1S/C29H18Br2O2/c30-19-12-14-25-27(16-19)33-28-17-20(31)13-15-26(28)29(25,32)24-11-4-3-9-23(24)22-10-5-7-18-6-1-2-8-21(18)22/h1-17,32H. The summed E-state index contributed by atoms with van der Waals surface area (Å²) in [5.41, 5.74) is 2.93. The second-order valence-electron chi connectivity index (χ2n) is 8.17. The Kier molecular flexibility index (Phi) is 4.91. The fourth-order valence-corrected chi connectivity index (χ4v) is 5.49. The third-order valence-corrected chi connectivity index (χ3v) is 7.27. The van der Waals surface area contributed by atoms with Crippen molar-refractivity contribution in [3.8, 4) is 22.6 Å². The molecule has 6 rings (SSSR count). The SMILES string of the molecule is OC1(c2ccccc2-c2cccc3ccccc23)c2ccc(Br)cc2Oc2cc(Br)ccc21. The predicted molar refractivity (Wildman–Crippen MR) is 140 cm³/mol. The van der Waals surface area contributed by atoms with Crippen molar-refractivity contribution in [2.45, 2.75) is 5.60 Å². The van der Waals surface area contributed by atoms with Gasteiger partial charge in [-0.3, -0.25) is 0 Å². The van der Waals surface area contributed by atoms with E-state index in [9.17, 15) is 5.11 Å². The summed E-state index contributed by atoms with van der Waals surface area (Å²) in [6.07, 6.45) is 0. The lowest BCUT2D eigenvalue weighted by Gasteiger charge is -2.38. The zero-order chi connectivity index (χ0) is 22.6. The van der Waals surface area contributed by atoms with Crippen LogP contribution in [0.2, 0.25) is 0 Å². The van der Waals surface area contributed by atoms with E-state index in [0.717, 1.165) is 36.4 Å². The molecule has 1 aliphatic rings. The molecule has 0 fully saturated rings. The summed E-state index contributed by atoms with van der Waals surface area (Å²) >= 11 is 7.09. The monoisotopic (exact) mass is 556 g/mol. The Hall–Kier alpha value is -2.92. The van der Waals surface area contributed by atoms with Crippen molar-refractivity contribution >= 4 is 42.6 Å². The van der Waals surface area contributed by atoms with Crippen molar-refractivity contribution < 1.29 is 9.84 Å². The highest BCUT2D eigenvalue weighted by Crippen LogP contribution is 2.53. The molecule has 1 heterocycles.